The third-order valence-electron chi connectivity index (χ3n) is 4.24. The van der Waals surface area contributed by atoms with E-state index in [0.717, 1.165) is 9.71 Å². The molecule has 1 aliphatic heterocycles. The smallest absolute Gasteiger partial charge is 0.268 e. The maximum atomic E-state index is 13.7. The molecule has 10 heteroatoms. The molecule has 29 heavy (non-hydrogen) atoms. The highest BCUT2D eigenvalue weighted by atomic mass is 32.2. The van der Waals surface area contributed by atoms with Crippen molar-refractivity contribution in [3.8, 4) is 5.75 Å². The quantitative estimate of drug-likeness (QED) is 0.743. The Morgan fingerprint density at radius 2 is 1.86 bits per heavy atom. The van der Waals surface area contributed by atoms with Gasteiger partial charge in [0.05, 0.1) is 24.6 Å². The number of hydrogen-bond acceptors (Lipinski definition) is 6. The second-order valence-corrected chi connectivity index (χ2v) is 10.1. The SMILES string of the molecule is COc1ccc(NC(C)=O)cc1S(=O)(=O)N(c1ccccc1)[C@@H]1C=CS(=O)(=O)C1. The average molecular weight is 437 g/mol. The van der Waals surface area contributed by atoms with Crippen LogP contribution in [0.15, 0.2) is 64.9 Å². The third kappa shape index (κ3) is 4.43. The van der Waals surface area contributed by atoms with Crippen molar-refractivity contribution >= 4 is 37.1 Å². The molecule has 0 bridgehead atoms. The summed E-state index contributed by atoms with van der Waals surface area (Å²) < 4.78 is 57.5. The minimum Gasteiger partial charge on any atom is -0.495 e. The molecule has 0 saturated heterocycles. The zero-order chi connectivity index (χ0) is 21.2. The van der Waals surface area contributed by atoms with Crippen molar-refractivity contribution in [3.63, 3.8) is 0 Å². The summed E-state index contributed by atoms with van der Waals surface area (Å²) in [5, 5.41) is 3.56. The fraction of sp³-hybridized carbons (Fsp3) is 0.211. The Hall–Kier alpha value is -2.85. The number of nitrogens with zero attached hydrogens (tertiary/aromatic N) is 1. The van der Waals surface area contributed by atoms with Crippen LogP contribution in [-0.2, 0) is 24.7 Å². The van der Waals surface area contributed by atoms with E-state index in [9.17, 15) is 21.6 Å². The first-order valence-electron chi connectivity index (χ1n) is 8.60. The van der Waals surface area contributed by atoms with Crippen LogP contribution in [-0.4, -0.2) is 41.6 Å². The van der Waals surface area contributed by atoms with Crippen molar-refractivity contribution in [1.82, 2.24) is 0 Å². The van der Waals surface area contributed by atoms with Crippen molar-refractivity contribution in [2.45, 2.75) is 17.9 Å². The Labute approximate surface area is 169 Å². The largest absolute Gasteiger partial charge is 0.495 e. The first kappa shape index (κ1) is 20.9. The Morgan fingerprint density at radius 1 is 1.17 bits per heavy atom. The number of nitrogens with one attached hydrogen (secondary N) is 1. The van der Waals surface area contributed by atoms with Crippen molar-refractivity contribution < 1.29 is 26.4 Å². The van der Waals surface area contributed by atoms with Crippen LogP contribution in [0, 0.1) is 0 Å². The lowest BCUT2D eigenvalue weighted by atomic mass is 10.2. The molecule has 1 atom stereocenters. The van der Waals surface area contributed by atoms with Crippen LogP contribution in [0.1, 0.15) is 6.92 Å². The molecule has 154 valence electrons. The summed E-state index contributed by atoms with van der Waals surface area (Å²) >= 11 is 0. The van der Waals surface area contributed by atoms with Gasteiger partial charge in [0.15, 0.2) is 9.84 Å². The Bertz CT molecular complexity index is 1160. The third-order valence-corrected chi connectivity index (χ3v) is 7.50. The molecule has 0 radical (unpaired) electrons. The van der Waals surface area contributed by atoms with Crippen LogP contribution in [0.3, 0.4) is 0 Å². The number of methoxy groups -OCH3 is 1. The van der Waals surface area contributed by atoms with Gasteiger partial charge in [0.25, 0.3) is 10.0 Å². The number of hydrogen-bond donors (Lipinski definition) is 1. The number of sulfonamides is 1. The Morgan fingerprint density at radius 3 is 2.41 bits per heavy atom. The monoisotopic (exact) mass is 436 g/mol. The zero-order valence-electron chi connectivity index (χ0n) is 15.8. The molecule has 0 aliphatic carbocycles. The summed E-state index contributed by atoms with van der Waals surface area (Å²) in [5.74, 6) is -0.650. The van der Waals surface area contributed by atoms with Gasteiger partial charge in [-0.3, -0.25) is 9.10 Å². The highest BCUT2D eigenvalue weighted by Crippen LogP contribution is 2.35. The summed E-state index contributed by atoms with van der Waals surface area (Å²) in [6.45, 7) is 1.31. The molecule has 2 aromatic rings. The molecule has 1 N–H and O–H groups in total. The fourth-order valence-corrected chi connectivity index (χ4v) is 6.21. The molecular weight excluding hydrogens is 416 g/mol. The molecule has 1 heterocycles. The van der Waals surface area contributed by atoms with Gasteiger partial charge in [0.2, 0.25) is 5.91 Å². The van der Waals surface area contributed by atoms with Gasteiger partial charge in [-0.1, -0.05) is 18.2 Å². The minimum atomic E-state index is -4.25. The molecule has 1 amide bonds. The maximum Gasteiger partial charge on any atom is 0.268 e. The highest BCUT2D eigenvalue weighted by Gasteiger charge is 2.37. The van der Waals surface area contributed by atoms with Gasteiger partial charge in [-0.15, -0.1) is 0 Å². The van der Waals surface area contributed by atoms with E-state index >= 15 is 0 Å². The number of para-hydroxylation sites is 1. The van der Waals surface area contributed by atoms with E-state index in [1.54, 1.807) is 30.3 Å². The van der Waals surface area contributed by atoms with Crippen LogP contribution >= 0.6 is 0 Å². The number of amides is 1. The summed E-state index contributed by atoms with van der Waals surface area (Å²) in [4.78, 5) is 11.2. The molecular formula is C19H20N2O6S2. The molecule has 3 rings (SSSR count). The van der Waals surface area contributed by atoms with Crippen LogP contribution in [0.2, 0.25) is 0 Å². The average Bonchev–Trinajstić information content (AvgIpc) is 3.01. The van der Waals surface area contributed by atoms with E-state index in [2.05, 4.69) is 5.32 Å². The lowest BCUT2D eigenvalue weighted by Gasteiger charge is -2.29. The number of rotatable bonds is 6. The van der Waals surface area contributed by atoms with E-state index in [1.165, 1.54) is 38.3 Å². The lowest BCUT2D eigenvalue weighted by Crippen LogP contribution is -2.41. The van der Waals surface area contributed by atoms with E-state index < -0.39 is 25.9 Å². The van der Waals surface area contributed by atoms with Crippen LogP contribution in [0.5, 0.6) is 5.75 Å². The maximum absolute atomic E-state index is 13.7. The predicted molar refractivity (Wildman–Crippen MR) is 110 cm³/mol. The topological polar surface area (TPSA) is 110 Å². The van der Waals surface area contributed by atoms with Gasteiger partial charge in [-0.2, -0.15) is 0 Å². The molecule has 8 nitrogen and oxygen atoms in total. The van der Waals surface area contributed by atoms with Crippen LogP contribution in [0.25, 0.3) is 0 Å². The first-order chi connectivity index (χ1) is 13.6. The van der Waals surface area contributed by atoms with Crippen molar-refractivity contribution in [3.05, 3.63) is 60.0 Å². The summed E-state index contributed by atoms with van der Waals surface area (Å²) in [5.41, 5.74) is 0.589. The van der Waals surface area contributed by atoms with Gasteiger partial charge >= 0.3 is 0 Å². The predicted octanol–water partition coefficient (Wildman–Crippen LogP) is 2.16. The zero-order valence-corrected chi connectivity index (χ0v) is 17.4. The second-order valence-electron chi connectivity index (χ2n) is 6.41. The number of benzene rings is 2. The lowest BCUT2D eigenvalue weighted by molar-refractivity contribution is -0.114. The van der Waals surface area contributed by atoms with Gasteiger partial charge in [0.1, 0.15) is 10.6 Å². The minimum absolute atomic E-state index is 0.0740. The Balaban J connectivity index is 2.17. The molecule has 0 aromatic heterocycles. The van der Waals surface area contributed by atoms with E-state index in [1.807, 2.05) is 0 Å². The van der Waals surface area contributed by atoms with Gasteiger partial charge in [-0.05, 0) is 36.4 Å². The number of ether oxygens (including phenoxy) is 1. The standard InChI is InChI=1S/C19H20N2O6S2/c1-14(22)20-15-8-9-18(27-2)19(12-15)29(25,26)21(16-6-4-3-5-7-16)17-10-11-28(23,24)13-17/h3-12,17H,13H2,1-2H3,(H,20,22)/t17-/m1/s1. The second kappa shape index (κ2) is 7.88. The molecule has 0 spiro atoms. The fourth-order valence-electron chi connectivity index (χ4n) is 3.05. The molecule has 0 fully saturated rings. The molecule has 2 aromatic carbocycles. The number of carbonyl (C=O) groups excluding carboxylic acids is 1. The number of sulfone groups is 1. The van der Waals surface area contributed by atoms with Gasteiger partial charge in [0, 0.05) is 18.0 Å². The number of carbonyl (C=O) groups is 1. The number of anilines is 2. The van der Waals surface area contributed by atoms with E-state index in [-0.39, 0.29) is 28.0 Å². The van der Waals surface area contributed by atoms with E-state index in [4.69, 9.17) is 4.74 Å². The normalized spacial score (nSPS) is 17.7. The van der Waals surface area contributed by atoms with Gasteiger partial charge < -0.3 is 10.1 Å². The molecule has 0 saturated carbocycles. The summed E-state index contributed by atoms with van der Waals surface area (Å²) in [6, 6.07) is 11.6. The first-order valence-corrected chi connectivity index (χ1v) is 11.8. The highest BCUT2D eigenvalue weighted by molar-refractivity contribution is 7.95. The Kier molecular flexibility index (Phi) is 5.67. The van der Waals surface area contributed by atoms with Crippen molar-refractivity contribution in [2.24, 2.45) is 0 Å². The van der Waals surface area contributed by atoms with Crippen LogP contribution < -0.4 is 14.4 Å². The van der Waals surface area contributed by atoms with Crippen molar-refractivity contribution in [1.29, 1.82) is 0 Å². The van der Waals surface area contributed by atoms with E-state index in [0.29, 0.717) is 5.69 Å². The molecule has 0 unspecified atom stereocenters. The van der Waals surface area contributed by atoms with Crippen LogP contribution in [0.4, 0.5) is 11.4 Å². The van der Waals surface area contributed by atoms with Crippen molar-refractivity contribution in [2.75, 3.05) is 22.5 Å². The summed E-state index contributed by atoms with van der Waals surface area (Å²) in [6.07, 6.45) is 1.35. The summed E-state index contributed by atoms with van der Waals surface area (Å²) in [7, 11) is -6.42. The van der Waals surface area contributed by atoms with Gasteiger partial charge in [-0.25, -0.2) is 16.8 Å². The molecule has 1 aliphatic rings.